The van der Waals surface area contributed by atoms with Gasteiger partial charge in [-0.15, -0.1) is 11.3 Å². The van der Waals surface area contributed by atoms with Crippen LogP contribution in [0, 0.1) is 5.92 Å². The molecule has 3 heteroatoms. The molecule has 0 spiro atoms. The maximum atomic E-state index is 3.92. The molecular weight excluding hydrogens is 234 g/mol. The van der Waals surface area contributed by atoms with Crippen molar-refractivity contribution in [2.24, 2.45) is 5.92 Å². The van der Waals surface area contributed by atoms with Gasteiger partial charge in [-0.3, -0.25) is 0 Å². The third-order valence-corrected chi connectivity index (χ3v) is 5.58. The van der Waals surface area contributed by atoms with Crippen LogP contribution in [0.1, 0.15) is 36.6 Å². The van der Waals surface area contributed by atoms with Crippen LogP contribution in [-0.2, 0) is 0 Å². The number of hydrogen-bond donors (Lipinski definition) is 1. The van der Waals surface area contributed by atoms with Crippen molar-refractivity contribution in [3.05, 3.63) is 22.4 Å². The van der Waals surface area contributed by atoms with E-state index in [4.69, 9.17) is 0 Å². The molecule has 1 nitrogen and oxygen atoms in total. The zero-order valence-electron chi connectivity index (χ0n) is 9.52. The third kappa shape index (κ3) is 2.63. The minimum atomic E-state index is 0.660. The maximum absolute atomic E-state index is 3.92. The van der Waals surface area contributed by atoms with Crippen LogP contribution in [-0.4, -0.2) is 17.5 Å². The molecule has 2 heterocycles. The van der Waals surface area contributed by atoms with Gasteiger partial charge in [0.15, 0.2) is 0 Å². The summed E-state index contributed by atoms with van der Waals surface area (Å²) < 4.78 is 0. The summed E-state index contributed by atoms with van der Waals surface area (Å²) in [4.78, 5) is 1.56. The predicted molar refractivity (Wildman–Crippen MR) is 73.3 cm³/mol. The molecule has 0 aromatic carbocycles. The number of thioether (sulfide) groups is 1. The summed E-state index contributed by atoms with van der Waals surface area (Å²) in [6.45, 7) is 0. The fourth-order valence-electron chi connectivity index (χ4n) is 2.47. The highest BCUT2D eigenvalue weighted by Gasteiger charge is 2.34. The molecule has 88 valence electrons. The van der Waals surface area contributed by atoms with Gasteiger partial charge in [-0.1, -0.05) is 6.07 Å². The van der Waals surface area contributed by atoms with Crippen molar-refractivity contribution in [3.8, 4) is 0 Å². The first kappa shape index (κ1) is 11.1. The van der Waals surface area contributed by atoms with Crippen LogP contribution in [0.3, 0.4) is 0 Å². The molecule has 1 saturated heterocycles. The van der Waals surface area contributed by atoms with E-state index >= 15 is 0 Å². The minimum Gasteiger partial charge on any atom is -0.306 e. The molecule has 1 aliphatic carbocycles. The molecule has 0 radical (unpaired) electrons. The lowest BCUT2D eigenvalue weighted by Gasteiger charge is -2.28. The fourth-order valence-corrected chi connectivity index (χ4v) is 4.45. The van der Waals surface area contributed by atoms with Crippen LogP contribution in [0.25, 0.3) is 0 Å². The average Bonchev–Trinajstić information content (AvgIpc) is 3.02. The molecule has 1 aromatic rings. The first-order valence-corrected chi connectivity index (χ1v) is 8.34. The monoisotopic (exact) mass is 253 g/mol. The Balaban J connectivity index is 1.64. The molecule has 3 rings (SSSR count). The maximum Gasteiger partial charge on any atom is 0.0445 e. The lowest BCUT2D eigenvalue weighted by Crippen LogP contribution is -2.36. The van der Waals surface area contributed by atoms with Crippen LogP contribution in [0.4, 0.5) is 0 Å². The van der Waals surface area contributed by atoms with Crippen molar-refractivity contribution in [2.45, 2.75) is 37.8 Å². The number of rotatable bonds is 4. The summed E-state index contributed by atoms with van der Waals surface area (Å²) in [5.74, 6) is 3.62. The van der Waals surface area contributed by atoms with Gasteiger partial charge in [0.1, 0.15) is 0 Å². The number of nitrogens with one attached hydrogen (secondary N) is 1. The van der Waals surface area contributed by atoms with E-state index in [1.807, 2.05) is 11.3 Å². The van der Waals surface area contributed by atoms with Gasteiger partial charge in [-0.05, 0) is 54.6 Å². The van der Waals surface area contributed by atoms with Crippen LogP contribution in [0.2, 0.25) is 0 Å². The molecule has 2 aliphatic rings. The highest BCUT2D eigenvalue weighted by Crippen LogP contribution is 2.43. The third-order valence-electron chi connectivity index (χ3n) is 3.58. The molecule has 0 amide bonds. The molecule has 2 fully saturated rings. The second kappa shape index (κ2) is 5.11. The number of hydrogen-bond acceptors (Lipinski definition) is 3. The Kier molecular flexibility index (Phi) is 3.55. The zero-order valence-corrected chi connectivity index (χ0v) is 11.2. The summed E-state index contributed by atoms with van der Waals surface area (Å²) in [7, 11) is 0. The molecule has 1 unspecified atom stereocenters. The first-order chi connectivity index (χ1) is 7.93. The quantitative estimate of drug-likeness (QED) is 0.878. The predicted octanol–water partition coefficient (Wildman–Crippen LogP) is 3.68. The van der Waals surface area contributed by atoms with E-state index in [0.29, 0.717) is 6.04 Å². The SMILES string of the molecule is c1csc(C(NC2CCSCC2)C2CC2)c1. The molecule has 16 heavy (non-hydrogen) atoms. The van der Waals surface area contributed by atoms with Gasteiger partial charge < -0.3 is 5.32 Å². The van der Waals surface area contributed by atoms with E-state index in [2.05, 4.69) is 34.6 Å². The van der Waals surface area contributed by atoms with E-state index < -0.39 is 0 Å². The largest absolute Gasteiger partial charge is 0.306 e. The van der Waals surface area contributed by atoms with Gasteiger partial charge in [-0.25, -0.2) is 0 Å². The standard InChI is InChI=1S/C13H19NS2/c1-2-12(16-7-1)13(10-3-4-10)14-11-5-8-15-9-6-11/h1-2,7,10-11,13-14H,3-6,8-9H2. The Hall–Kier alpha value is 0.01000. The van der Waals surface area contributed by atoms with Crippen molar-refractivity contribution < 1.29 is 0 Å². The van der Waals surface area contributed by atoms with E-state index in [9.17, 15) is 0 Å². The second-order valence-corrected chi connectivity index (χ2v) is 7.09. The summed E-state index contributed by atoms with van der Waals surface area (Å²) in [5.41, 5.74) is 0. The van der Waals surface area contributed by atoms with Crippen LogP contribution in [0.15, 0.2) is 17.5 Å². The lowest BCUT2D eigenvalue weighted by atomic mass is 10.1. The van der Waals surface area contributed by atoms with Gasteiger partial charge >= 0.3 is 0 Å². The Morgan fingerprint density at radius 1 is 1.19 bits per heavy atom. The zero-order chi connectivity index (χ0) is 10.8. The number of thiophene rings is 1. The van der Waals surface area contributed by atoms with Gasteiger partial charge in [0, 0.05) is 17.0 Å². The van der Waals surface area contributed by atoms with E-state index in [1.165, 1.54) is 37.2 Å². The van der Waals surface area contributed by atoms with Gasteiger partial charge in [0.25, 0.3) is 0 Å². The summed E-state index contributed by atoms with van der Waals surface area (Å²) in [6.07, 6.45) is 5.58. The Morgan fingerprint density at radius 2 is 2.00 bits per heavy atom. The molecule has 1 aromatic heterocycles. The van der Waals surface area contributed by atoms with Crippen LogP contribution >= 0.6 is 23.1 Å². The van der Waals surface area contributed by atoms with E-state index in [-0.39, 0.29) is 0 Å². The molecular formula is C13H19NS2. The van der Waals surface area contributed by atoms with Crippen molar-refractivity contribution in [1.82, 2.24) is 5.32 Å². The van der Waals surface area contributed by atoms with Crippen molar-refractivity contribution in [3.63, 3.8) is 0 Å². The topological polar surface area (TPSA) is 12.0 Å². The van der Waals surface area contributed by atoms with Gasteiger partial charge in [0.2, 0.25) is 0 Å². The Labute approximate surface area is 106 Å². The highest BCUT2D eigenvalue weighted by molar-refractivity contribution is 7.99. The average molecular weight is 253 g/mol. The fraction of sp³-hybridized carbons (Fsp3) is 0.692. The molecule has 0 bridgehead atoms. The van der Waals surface area contributed by atoms with Gasteiger partial charge in [-0.2, -0.15) is 11.8 Å². The van der Waals surface area contributed by atoms with Crippen LogP contribution < -0.4 is 5.32 Å². The Bertz CT molecular complexity index is 313. The highest BCUT2D eigenvalue weighted by atomic mass is 32.2. The first-order valence-electron chi connectivity index (χ1n) is 6.30. The van der Waals surface area contributed by atoms with E-state index in [0.717, 1.165) is 12.0 Å². The summed E-state index contributed by atoms with van der Waals surface area (Å²) in [5, 5.41) is 6.13. The van der Waals surface area contributed by atoms with Crippen molar-refractivity contribution in [1.29, 1.82) is 0 Å². The smallest absolute Gasteiger partial charge is 0.0445 e. The Morgan fingerprint density at radius 3 is 2.62 bits per heavy atom. The van der Waals surface area contributed by atoms with Crippen molar-refractivity contribution in [2.75, 3.05) is 11.5 Å². The molecule has 1 N–H and O–H groups in total. The summed E-state index contributed by atoms with van der Waals surface area (Å²) >= 11 is 4.03. The molecule has 1 atom stereocenters. The normalized spacial score (nSPS) is 24.5. The lowest BCUT2D eigenvalue weighted by molar-refractivity contribution is 0.389. The molecule has 1 saturated carbocycles. The minimum absolute atomic E-state index is 0.660. The van der Waals surface area contributed by atoms with Gasteiger partial charge in [0.05, 0.1) is 0 Å². The van der Waals surface area contributed by atoms with Crippen molar-refractivity contribution >= 4 is 23.1 Å². The second-order valence-electron chi connectivity index (χ2n) is 4.88. The molecule has 1 aliphatic heterocycles. The summed E-state index contributed by atoms with van der Waals surface area (Å²) in [6, 6.07) is 5.92. The van der Waals surface area contributed by atoms with Crippen LogP contribution in [0.5, 0.6) is 0 Å². The van der Waals surface area contributed by atoms with E-state index in [1.54, 1.807) is 4.88 Å².